The topological polar surface area (TPSA) is 65.3 Å². The molecule has 0 amide bonds. The van der Waals surface area contributed by atoms with Gasteiger partial charge in [0.1, 0.15) is 0 Å². The van der Waals surface area contributed by atoms with Crippen LogP contribution in [0.5, 0.6) is 5.75 Å². The lowest BCUT2D eigenvalue weighted by atomic mass is 10.3. The molecule has 0 aliphatic heterocycles. The third-order valence-electron chi connectivity index (χ3n) is 1.65. The quantitative estimate of drug-likeness (QED) is 0.525. The molecule has 13 heavy (non-hydrogen) atoms. The number of hydrogen-bond donors (Lipinski definition) is 0. The van der Waals surface area contributed by atoms with E-state index in [0.29, 0.717) is 12.1 Å². The van der Waals surface area contributed by atoms with E-state index in [1.165, 1.54) is 7.11 Å². The average Bonchev–Trinajstić information content (AvgIpc) is 2.16. The lowest BCUT2D eigenvalue weighted by molar-refractivity contribution is -0.390. The van der Waals surface area contributed by atoms with Crippen molar-refractivity contribution in [1.29, 1.82) is 0 Å². The van der Waals surface area contributed by atoms with Crippen molar-refractivity contribution in [2.45, 2.75) is 13.3 Å². The van der Waals surface area contributed by atoms with Crippen LogP contribution in [0.25, 0.3) is 0 Å². The minimum absolute atomic E-state index is 0.196. The maximum absolute atomic E-state index is 10.5. The van der Waals surface area contributed by atoms with Gasteiger partial charge in [-0.05, 0) is 22.0 Å². The second kappa shape index (κ2) is 3.84. The fourth-order valence-corrected chi connectivity index (χ4v) is 0.962. The van der Waals surface area contributed by atoms with Crippen LogP contribution in [0.3, 0.4) is 0 Å². The Morgan fingerprint density at radius 3 is 2.77 bits per heavy atom. The van der Waals surface area contributed by atoms with Crippen LogP contribution >= 0.6 is 0 Å². The van der Waals surface area contributed by atoms with Crippen LogP contribution in [0.2, 0.25) is 0 Å². The fourth-order valence-electron chi connectivity index (χ4n) is 0.962. The second-order valence-corrected chi connectivity index (χ2v) is 2.44. The summed E-state index contributed by atoms with van der Waals surface area (Å²) in [7, 11) is 1.38. The maximum Gasteiger partial charge on any atom is 0.406 e. The van der Waals surface area contributed by atoms with Gasteiger partial charge in [0.25, 0.3) is 0 Å². The molecule has 1 aromatic rings. The highest BCUT2D eigenvalue weighted by atomic mass is 16.6. The normalized spacial score (nSPS) is 9.69. The van der Waals surface area contributed by atoms with Gasteiger partial charge < -0.3 is 14.9 Å². The summed E-state index contributed by atoms with van der Waals surface area (Å²) in [5.74, 6) is -0.0240. The zero-order valence-electron chi connectivity index (χ0n) is 7.48. The van der Waals surface area contributed by atoms with E-state index in [1.54, 1.807) is 12.1 Å². The SMILES string of the molecule is CCc1ccc(OC)c([N+](=O)[O-])n1. The maximum atomic E-state index is 10.5. The van der Waals surface area contributed by atoms with Crippen molar-refractivity contribution < 1.29 is 9.66 Å². The molecule has 0 atom stereocenters. The number of aryl methyl sites for hydroxylation is 1. The molecule has 0 aliphatic rings. The summed E-state index contributed by atoms with van der Waals surface area (Å²) in [5.41, 5.74) is 0.688. The van der Waals surface area contributed by atoms with Crippen LogP contribution in [0.15, 0.2) is 12.1 Å². The molecule has 0 unspecified atom stereocenters. The molecule has 0 fully saturated rings. The number of aromatic nitrogens is 1. The van der Waals surface area contributed by atoms with Crippen LogP contribution in [-0.2, 0) is 6.42 Å². The Morgan fingerprint density at radius 2 is 2.31 bits per heavy atom. The van der Waals surface area contributed by atoms with Crippen LogP contribution < -0.4 is 4.74 Å². The summed E-state index contributed by atoms with van der Waals surface area (Å²) in [5, 5.41) is 10.5. The minimum atomic E-state index is -0.544. The zero-order valence-corrected chi connectivity index (χ0v) is 7.48. The van der Waals surface area contributed by atoms with Crippen LogP contribution in [0.4, 0.5) is 5.82 Å². The van der Waals surface area contributed by atoms with Crippen molar-refractivity contribution in [3.8, 4) is 5.75 Å². The van der Waals surface area contributed by atoms with E-state index in [4.69, 9.17) is 4.74 Å². The Hall–Kier alpha value is -1.65. The van der Waals surface area contributed by atoms with Gasteiger partial charge in [0.15, 0.2) is 5.69 Å². The molecule has 0 N–H and O–H groups in total. The highest BCUT2D eigenvalue weighted by molar-refractivity contribution is 5.40. The molecule has 0 aliphatic carbocycles. The van der Waals surface area contributed by atoms with E-state index >= 15 is 0 Å². The van der Waals surface area contributed by atoms with Crippen LogP contribution in [0, 0.1) is 10.1 Å². The molecular weight excluding hydrogens is 172 g/mol. The lowest BCUT2D eigenvalue weighted by Gasteiger charge is -2.00. The molecule has 0 radical (unpaired) electrons. The van der Waals surface area contributed by atoms with E-state index in [0.717, 1.165) is 0 Å². The van der Waals surface area contributed by atoms with E-state index in [9.17, 15) is 10.1 Å². The molecule has 5 heteroatoms. The van der Waals surface area contributed by atoms with Gasteiger partial charge in [0.2, 0.25) is 5.75 Å². The van der Waals surface area contributed by atoms with Crippen molar-refractivity contribution in [3.05, 3.63) is 27.9 Å². The Morgan fingerprint density at radius 1 is 1.62 bits per heavy atom. The number of methoxy groups -OCH3 is 1. The molecule has 0 aromatic carbocycles. The highest BCUT2D eigenvalue weighted by Crippen LogP contribution is 2.23. The number of hydrogen-bond acceptors (Lipinski definition) is 4. The van der Waals surface area contributed by atoms with E-state index in [2.05, 4.69) is 4.98 Å². The van der Waals surface area contributed by atoms with Crippen LogP contribution in [0.1, 0.15) is 12.6 Å². The molecule has 0 saturated carbocycles. The predicted octanol–water partition coefficient (Wildman–Crippen LogP) is 1.56. The van der Waals surface area contributed by atoms with Gasteiger partial charge in [-0.2, -0.15) is 0 Å². The molecule has 70 valence electrons. The molecule has 1 aromatic heterocycles. The van der Waals surface area contributed by atoms with E-state index < -0.39 is 4.92 Å². The Balaban J connectivity index is 3.18. The summed E-state index contributed by atoms with van der Waals surface area (Å²) in [6.07, 6.45) is 0.671. The van der Waals surface area contributed by atoms with Gasteiger partial charge in [-0.3, -0.25) is 0 Å². The molecule has 0 bridgehead atoms. The van der Waals surface area contributed by atoms with Crippen molar-refractivity contribution in [2.24, 2.45) is 0 Å². The first kappa shape index (κ1) is 9.44. The first-order valence-electron chi connectivity index (χ1n) is 3.87. The van der Waals surface area contributed by atoms with Crippen LogP contribution in [-0.4, -0.2) is 17.0 Å². The predicted molar refractivity (Wildman–Crippen MR) is 46.8 cm³/mol. The van der Waals surface area contributed by atoms with E-state index in [-0.39, 0.29) is 11.6 Å². The fraction of sp³-hybridized carbons (Fsp3) is 0.375. The summed E-state index contributed by atoms with van der Waals surface area (Å²) in [6, 6.07) is 3.27. The molecule has 1 heterocycles. The molecule has 0 saturated heterocycles. The zero-order chi connectivity index (χ0) is 9.84. The summed E-state index contributed by atoms with van der Waals surface area (Å²) in [6.45, 7) is 1.89. The molecule has 5 nitrogen and oxygen atoms in total. The van der Waals surface area contributed by atoms with Gasteiger partial charge in [-0.15, -0.1) is 0 Å². The standard InChI is InChI=1S/C8H10N2O3/c1-3-6-4-5-7(13-2)8(9-6)10(11)12/h4-5H,3H2,1-2H3. The van der Waals surface area contributed by atoms with Gasteiger partial charge in [0.05, 0.1) is 7.11 Å². The third kappa shape index (κ3) is 1.93. The van der Waals surface area contributed by atoms with Gasteiger partial charge in [-0.25, -0.2) is 0 Å². The Labute approximate surface area is 75.5 Å². The van der Waals surface area contributed by atoms with Gasteiger partial charge in [-0.1, -0.05) is 6.92 Å². The molecule has 0 spiro atoms. The molecule has 1 rings (SSSR count). The Bertz CT molecular complexity index is 325. The van der Waals surface area contributed by atoms with Crippen molar-refractivity contribution in [3.63, 3.8) is 0 Å². The van der Waals surface area contributed by atoms with E-state index in [1.807, 2.05) is 6.92 Å². The summed E-state index contributed by atoms with van der Waals surface area (Å²) >= 11 is 0. The smallest absolute Gasteiger partial charge is 0.406 e. The second-order valence-electron chi connectivity index (χ2n) is 2.44. The summed E-state index contributed by atoms with van der Waals surface area (Å²) < 4.78 is 4.80. The third-order valence-corrected chi connectivity index (χ3v) is 1.65. The van der Waals surface area contributed by atoms with Crippen molar-refractivity contribution in [1.82, 2.24) is 4.98 Å². The lowest BCUT2D eigenvalue weighted by Crippen LogP contribution is -1.99. The number of pyridine rings is 1. The van der Waals surface area contributed by atoms with Crippen molar-refractivity contribution in [2.75, 3.05) is 7.11 Å². The highest BCUT2D eigenvalue weighted by Gasteiger charge is 2.16. The summed E-state index contributed by atoms with van der Waals surface area (Å²) in [4.78, 5) is 13.8. The molecular formula is C8H10N2O3. The first-order chi connectivity index (χ1) is 6.19. The number of ether oxygens (including phenoxy) is 1. The average molecular weight is 182 g/mol. The Kier molecular flexibility index (Phi) is 2.79. The number of nitrogens with zero attached hydrogens (tertiary/aromatic N) is 2. The number of rotatable bonds is 3. The van der Waals surface area contributed by atoms with Crippen molar-refractivity contribution >= 4 is 5.82 Å². The van der Waals surface area contributed by atoms with Gasteiger partial charge in [0, 0.05) is 6.42 Å². The monoisotopic (exact) mass is 182 g/mol. The number of nitro groups is 1. The minimum Gasteiger partial charge on any atom is -0.489 e. The van der Waals surface area contributed by atoms with Gasteiger partial charge >= 0.3 is 5.82 Å². The largest absolute Gasteiger partial charge is 0.489 e. The first-order valence-corrected chi connectivity index (χ1v) is 3.87.